The van der Waals surface area contributed by atoms with E-state index in [0.717, 1.165) is 25.7 Å². The highest BCUT2D eigenvalue weighted by Gasteiger charge is 2.34. The number of carbonyl (C=O) groups is 1. The highest BCUT2D eigenvalue weighted by Crippen LogP contribution is 2.31. The molecule has 10 heteroatoms. The molecule has 1 aromatic carbocycles. The molecule has 4 rings (SSSR count). The molecule has 1 amide bonds. The number of halogens is 1. The Bertz CT molecular complexity index is 1030. The fourth-order valence-corrected chi connectivity index (χ4v) is 6.11. The van der Waals surface area contributed by atoms with E-state index in [1.807, 2.05) is 0 Å². The molecule has 1 N–H and O–H groups in total. The lowest BCUT2D eigenvalue weighted by atomic mass is 9.97. The number of sulfonamides is 1. The number of piperidine rings is 1. The summed E-state index contributed by atoms with van der Waals surface area (Å²) in [5.74, 6) is 0.595. The number of hydrogen-bond donors (Lipinski definition) is 1. The maximum atomic E-state index is 13.2. The maximum absolute atomic E-state index is 13.2. The average Bonchev–Trinajstić information content (AvgIpc) is 3.40. The van der Waals surface area contributed by atoms with E-state index >= 15 is 0 Å². The number of aryl methyl sites for hydroxylation is 1. The number of carbonyl (C=O) groups excluding carboxylic acids is 1. The van der Waals surface area contributed by atoms with E-state index in [2.05, 4.69) is 15.5 Å². The predicted octanol–water partition coefficient (Wildman–Crippen LogP) is 3.16. The second-order valence-corrected chi connectivity index (χ2v) is 10.3. The van der Waals surface area contributed by atoms with Crippen LogP contribution in [0.1, 0.15) is 44.4 Å². The van der Waals surface area contributed by atoms with E-state index in [9.17, 15) is 13.2 Å². The predicted molar refractivity (Wildman–Crippen MR) is 111 cm³/mol. The zero-order chi connectivity index (χ0) is 21.3. The number of benzene rings is 1. The smallest absolute Gasteiger partial charge is 0.244 e. The molecule has 1 saturated carbocycles. The van der Waals surface area contributed by atoms with Crippen LogP contribution in [0.3, 0.4) is 0 Å². The first kappa shape index (κ1) is 21.3. The van der Waals surface area contributed by atoms with E-state index in [1.165, 1.54) is 16.4 Å². The van der Waals surface area contributed by atoms with Crippen LogP contribution in [0.15, 0.2) is 27.6 Å². The molecular weight excluding hydrogens is 428 g/mol. The van der Waals surface area contributed by atoms with E-state index in [-0.39, 0.29) is 40.9 Å². The lowest BCUT2D eigenvalue weighted by Crippen LogP contribution is -2.44. The Morgan fingerprint density at radius 2 is 1.90 bits per heavy atom. The van der Waals surface area contributed by atoms with Crippen LogP contribution in [0.25, 0.3) is 11.4 Å². The summed E-state index contributed by atoms with van der Waals surface area (Å²) in [5.41, 5.74) is 0.514. The summed E-state index contributed by atoms with van der Waals surface area (Å²) in [7, 11) is -3.80. The molecule has 0 unspecified atom stereocenters. The van der Waals surface area contributed by atoms with Gasteiger partial charge in [0.2, 0.25) is 27.6 Å². The Hall–Kier alpha value is -1.97. The molecule has 2 heterocycles. The monoisotopic (exact) mass is 452 g/mol. The highest BCUT2D eigenvalue weighted by atomic mass is 35.5. The second kappa shape index (κ2) is 8.64. The molecule has 2 fully saturated rings. The van der Waals surface area contributed by atoms with Crippen molar-refractivity contribution in [3.05, 3.63) is 29.1 Å². The van der Waals surface area contributed by atoms with Crippen molar-refractivity contribution in [1.29, 1.82) is 0 Å². The van der Waals surface area contributed by atoms with Crippen molar-refractivity contribution >= 4 is 27.5 Å². The van der Waals surface area contributed by atoms with Gasteiger partial charge in [-0.1, -0.05) is 29.6 Å². The van der Waals surface area contributed by atoms with Gasteiger partial charge in [-0.3, -0.25) is 4.79 Å². The number of amides is 1. The highest BCUT2D eigenvalue weighted by molar-refractivity contribution is 7.89. The standard InChI is InChI=1S/C20H25ClN4O4S/c1-13-22-19(24-29-13)15-6-7-17(21)18(12-15)30(27,28)25-10-8-14(9-11-25)20(26)23-16-4-2-3-5-16/h6-7,12,14,16H,2-5,8-11H2,1H3,(H,23,26). The third-order valence-corrected chi connectivity index (χ3v) is 8.24. The van der Waals surface area contributed by atoms with Gasteiger partial charge in [0.1, 0.15) is 4.90 Å². The number of nitrogens with zero attached hydrogens (tertiary/aromatic N) is 3. The number of hydrogen-bond acceptors (Lipinski definition) is 6. The SMILES string of the molecule is Cc1nc(-c2ccc(Cl)c(S(=O)(=O)N3CCC(C(=O)NC4CCCC4)CC3)c2)no1. The van der Waals surface area contributed by atoms with Gasteiger partial charge in [0.05, 0.1) is 5.02 Å². The first-order valence-electron chi connectivity index (χ1n) is 10.3. The molecular formula is C20H25ClN4O4S. The van der Waals surface area contributed by atoms with Gasteiger partial charge in [0.15, 0.2) is 0 Å². The van der Waals surface area contributed by atoms with Crippen LogP contribution in [0.5, 0.6) is 0 Å². The zero-order valence-electron chi connectivity index (χ0n) is 16.8. The van der Waals surface area contributed by atoms with Gasteiger partial charge in [0.25, 0.3) is 0 Å². The quantitative estimate of drug-likeness (QED) is 0.746. The van der Waals surface area contributed by atoms with Crippen LogP contribution in [0, 0.1) is 12.8 Å². The van der Waals surface area contributed by atoms with Crippen LogP contribution in [-0.2, 0) is 14.8 Å². The van der Waals surface area contributed by atoms with Gasteiger partial charge < -0.3 is 9.84 Å². The first-order chi connectivity index (χ1) is 14.3. The Morgan fingerprint density at radius 3 is 2.53 bits per heavy atom. The molecule has 1 aromatic heterocycles. The Labute approximate surface area is 181 Å². The van der Waals surface area contributed by atoms with Crippen molar-refractivity contribution in [3.63, 3.8) is 0 Å². The van der Waals surface area contributed by atoms with Crippen LogP contribution in [0.4, 0.5) is 0 Å². The van der Waals surface area contributed by atoms with Gasteiger partial charge in [-0.15, -0.1) is 0 Å². The van der Waals surface area contributed by atoms with E-state index in [0.29, 0.717) is 30.1 Å². The molecule has 162 valence electrons. The van der Waals surface area contributed by atoms with Gasteiger partial charge >= 0.3 is 0 Å². The Morgan fingerprint density at radius 1 is 1.20 bits per heavy atom. The minimum Gasteiger partial charge on any atom is -0.353 e. The zero-order valence-corrected chi connectivity index (χ0v) is 18.4. The van der Waals surface area contributed by atoms with Crippen LogP contribution >= 0.6 is 11.6 Å². The molecule has 30 heavy (non-hydrogen) atoms. The summed E-state index contributed by atoms with van der Waals surface area (Å²) in [6, 6.07) is 4.93. The van der Waals surface area contributed by atoms with Crippen LogP contribution in [-0.4, -0.2) is 47.9 Å². The van der Waals surface area contributed by atoms with Crippen molar-refractivity contribution < 1.29 is 17.7 Å². The summed E-state index contributed by atoms with van der Waals surface area (Å²) >= 11 is 6.23. The van der Waals surface area contributed by atoms with Gasteiger partial charge in [0, 0.05) is 37.5 Å². The molecule has 1 aliphatic carbocycles. The average molecular weight is 453 g/mol. The lowest BCUT2D eigenvalue weighted by molar-refractivity contribution is -0.126. The van der Waals surface area contributed by atoms with Gasteiger partial charge in [-0.25, -0.2) is 8.42 Å². The van der Waals surface area contributed by atoms with E-state index in [4.69, 9.17) is 16.1 Å². The third kappa shape index (κ3) is 4.38. The first-order valence-corrected chi connectivity index (χ1v) is 12.1. The van der Waals surface area contributed by atoms with Gasteiger partial charge in [-0.05, 0) is 43.9 Å². The lowest BCUT2D eigenvalue weighted by Gasteiger charge is -2.31. The molecule has 0 atom stereocenters. The summed E-state index contributed by atoms with van der Waals surface area (Å²) in [6.45, 7) is 2.23. The third-order valence-electron chi connectivity index (χ3n) is 5.86. The molecule has 0 bridgehead atoms. The molecule has 2 aromatic rings. The summed E-state index contributed by atoms with van der Waals surface area (Å²) in [4.78, 5) is 16.7. The summed E-state index contributed by atoms with van der Waals surface area (Å²) in [6.07, 6.45) is 5.38. The number of nitrogens with one attached hydrogen (secondary N) is 1. The molecule has 1 aliphatic heterocycles. The summed E-state index contributed by atoms with van der Waals surface area (Å²) < 4.78 is 32.8. The van der Waals surface area contributed by atoms with Crippen molar-refractivity contribution in [2.75, 3.05) is 13.1 Å². The summed E-state index contributed by atoms with van der Waals surface area (Å²) in [5, 5.41) is 7.10. The second-order valence-electron chi connectivity index (χ2n) is 7.95. The molecule has 8 nitrogen and oxygen atoms in total. The van der Waals surface area contributed by atoms with Crippen molar-refractivity contribution in [2.45, 2.75) is 56.4 Å². The molecule has 2 aliphatic rings. The van der Waals surface area contributed by atoms with E-state index < -0.39 is 10.0 Å². The number of aromatic nitrogens is 2. The Balaban J connectivity index is 1.46. The minimum atomic E-state index is -3.80. The number of rotatable bonds is 5. The van der Waals surface area contributed by atoms with E-state index in [1.54, 1.807) is 13.0 Å². The van der Waals surface area contributed by atoms with Gasteiger partial charge in [-0.2, -0.15) is 9.29 Å². The minimum absolute atomic E-state index is 0.0120. The largest absolute Gasteiger partial charge is 0.353 e. The maximum Gasteiger partial charge on any atom is 0.244 e. The molecule has 0 radical (unpaired) electrons. The van der Waals surface area contributed by atoms with Crippen molar-refractivity contribution in [1.82, 2.24) is 19.8 Å². The normalized spacial score (nSPS) is 19.3. The van der Waals surface area contributed by atoms with Crippen molar-refractivity contribution in [2.24, 2.45) is 5.92 Å². The van der Waals surface area contributed by atoms with Crippen LogP contribution < -0.4 is 5.32 Å². The molecule has 1 saturated heterocycles. The topological polar surface area (TPSA) is 105 Å². The fourth-order valence-electron chi connectivity index (χ4n) is 4.14. The van der Waals surface area contributed by atoms with Crippen LogP contribution in [0.2, 0.25) is 5.02 Å². The molecule has 0 spiro atoms. The fraction of sp³-hybridized carbons (Fsp3) is 0.550. The van der Waals surface area contributed by atoms with Crippen molar-refractivity contribution in [3.8, 4) is 11.4 Å². The Kier molecular flexibility index (Phi) is 6.13.